The van der Waals surface area contributed by atoms with E-state index >= 15 is 0 Å². The van der Waals surface area contributed by atoms with Crippen molar-refractivity contribution in [2.45, 2.75) is 6.61 Å². The van der Waals surface area contributed by atoms with E-state index in [1.165, 1.54) is 0 Å². The summed E-state index contributed by atoms with van der Waals surface area (Å²) in [6.07, 6.45) is 1.16. The van der Waals surface area contributed by atoms with Crippen LogP contribution in [0.4, 0.5) is 0 Å². The molecule has 4 heteroatoms. The van der Waals surface area contributed by atoms with Gasteiger partial charge in [0.25, 0.3) is 0 Å². The summed E-state index contributed by atoms with van der Waals surface area (Å²) >= 11 is 0. The van der Waals surface area contributed by atoms with Crippen LogP contribution >= 0.6 is 8.60 Å². The van der Waals surface area contributed by atoms with Gasteiger partial charge >= 0.3 is 8.60 Å². The Morgan fingerprint density at radius 3 is 2.69 bits per heavy atom. The monoisotopic (exact) mass is 198 g/mol. The van der Waals surface area contributed by atoms with Crippen molar-refractivity contribution in [3.05, 3.63) is 48.7 Å². The first-order chi connectivity index (χ1) is 6.33. The van der Waals surface area contributed by atoms with Crippen molar-refractivity contribution in [3.8, 4) is 0 Å². The molecule has 1 aromatic carbocycles. The van der Waals surface area contributed by atoms with Gasteiger partial charge in [0.1, 0.15) is 0 Å². The minimum atomic E-state index is -1.82. The molecule has 0 radical (unpaired) electrons. The molecular formula is C9H11O3P. The Morgan fingerprint density at radius 2 is 2.08 bits per heavy atom. The van der Waals surface area contributed by atoms with Gasteiger partial charge in [-0.1, -0.05) is 36.9 Å². The molecule has 1 N–H and O–H groups in total. The van der Waals surface area contributed by atoms with Gasteiger partial charge < -0.3 is 9.42 Å². The molecule has 0 bridgehead atoms. The topological polar surface area (TPSA) is 38.7 Å². The molecule has 0 aromatic heterocycles. The summed E-state index contributed by atoms with van der Waals surface area (Å²) in [5.74, 6) is 0. The van der Waals surface area contributed by atoms with Crippen LogP contribution in [0.5, 0.6) is 0 Å². The zero-order chi connectivity index (χ0) is 9.52. The molecule has 0 spiro atoms. The lowest BCUT2D eigenvalue weighted by molar-refractivity contribution is 0.236. The Labute approximate surface area is 78.6 Å². The molecule has 13 heavy (non-hydrogen) atoms. The minimum Gasteiger partial charge on any atom is -0.435 e. The fourth-order valence-corrected chi connectivity index (χ4v) is 1.25. The highest BCUT2D eigenvalue weighted by atomic mass is 31.2. The second-order valence-electron chi connectivity index (χ2n) is 2.27. The molecule has 0 amide bonds. The maximum Gasteiger partial charge on any atom is 0.394 e. The van der Waals surface area contributed by atoms with E-state index in [-0.39, 0.29) is 0 Å². The summed E-state index contributed by atoms with van der Waals surface area (Å²) in [4.78, 5) is 9.06. The Kier molecular flexibility index (Phi) is 4.47. The molecule has 70 valence electrons. The van der Waals surface area contributed by atoms with Crippen molar-refractivity contribution in [1.82, 2.24) is 0 Å². The van der Waals surface area contributed by atoms with Gasteiger partial charge in [0.05, 0.1) is 12.9 Å². The number of benzene rings is 1. The smallest absolute Gasteiger partial charge is 0.394 e. The lowest BCUT2D eigenvalue weighted by Crippen LogP contribution is -1.88. The number of rotatable bonds is 5. The zero-order valence-electron chi connectivity index (χ0n) is 7.09. The first kappa shape index (κ1) is 10.2. The zero-order valence-corrected chi connectivity index (χ0v) is 7.98. The molecule has 0 aliphatic heterocycles. The maximum atomic E-state index is 9.06. The maximum absolute atomic E-state index is 9.06. The molecule has 1 unspecified atom stereocenters. The van der Waals surface area contributed by atoms with Gasteiger partial charge in [-0.25, -0.2) is 0 Å². The van der Waals surface area contributed by atoms with Crippen LogP contribution in [0.2, 0.25) is 0 Å². The van der Waals surface area contributed by atoms with Gasteiger partial charge in [-0.3, -0.25) is 4.52 Å². The van der Waals surface area contributed by atoms with Crippen molar-refractivity contribution in [1.29, 1.82) is 0 Å². The summed E-state index contributed by atoms with van der Waals surface area (Å²) in [5, 5.41) is 0. The van der Waals surface area contributed by atoms with Crippen LogP contribution in [0.3, 0.4) is 0 Å². The standard InChI is InChI=1S/C9H11O3P/c1-2-11-13(10)12-8-9-6-4-3-5-7-9/h2-7,10H,1,8H2. The second kappa shape index (κ2) is 5.70. The van der Waals surface area contributed by atoms with Crippen molar-refractivity contribution < 1.29 is 13.9 Å². The highest BCUT2D eigenvalue weighted by Crippen LogP contribution is 2.33. The summed E-state index contributed by atoms with van der Waals surface area (Å²) in [6.45, 7) is 3.65. The SMILES string of the molecule is C=COP(O)OCc1ccccc1. The van der Waals surface area contributed by atoms with Gasteiger partial charge in [-0.2, -0.15) is 0 Å². The van der Waals surface area contributed by atoms with Crippen LogP contribution in [0.1, 0.15) is 5.56 Å². The molecule has 1 atom stereocenters. The third kappa shape index (κ3) is 4.04. The molecule has 1 rings (SSSR count). The predicted molar refractivity (Wildman–Crippen MR) is 51.7 cm³/mol. The van der Waals surface area contributed by atoms with Crippen molar-refractivity contribution in [2.24, 2.45) is 0 Å². The summed E-state index contributed by atoms with van der Waals surface area (Å²) in [7, 11) is -1.82. The third-order valence-electron chi connectivity index (χ3n) is 1.35. The van der Waals surface area contributed by atoms with E-state index in [1.807, 2.05) is 30.3 Å². The summed E-state index contributed by atoms with van der Waals surface area (Å²) in [5.41, 5.74) is 0.997. The molecule has 0 aliphatic carbocycles. The van der Waals surface area contributed by atoms with Crippen LogP contribution in [-0.4, -0.2) is 4.89 Å². The van der Waals surface area contributed by atoms with E-state index in [4.69, 9.17) is 9.42 Å². The number of hydrogen-bond donors (Lipinski definition) is 1. The first-order valence-corrected chi connectivity index (χ1v) is 4.89. The average molecular weight is 198 g/mol. The highest BCUT2D eigenvalue weighted by Gasteiger charge is 2.04. The van der Waals surface area contributed by atoms with E-state index < -0.39 is 8.60 Å². The van der Waals surface area contributed by atoms with Gasteiger partial charge in [-0.05, 0) is 5.56 Å². The van der Waals surface area contributed by atoms with Crippen LogP contribution in [-0.2, 0) is 15.7 Å². The van der Waals surface area contributed by atoms with Crippen LogP contribution in [0.15, 0.2) is 43.2 Å². The fourth-order valence-electron chi connectivity index (χ4n) is 0.798. The minimum absolute atomic E-state index is 0.344. The molecule has 0 saturated carbocycles. The van der Waals surface area contributed by atoms with Gasteiger partial charge in [-0.15, -0.1) is 0 Å². The Balaban J connectivity index is 2.30. The molecule has 0 fully saturated rings. The van der Waals surface area contributed by atoms with Crippen molar-refractivity contribution in [3.63, 3.8) is 0 Å². The average Bonchev–Trinajstić information content (AvgIpc) is 2.17. The molecule has 3 nitrogen and oxygen atoms in total. The Bertz CT molecular complexity index is 250. The van der Waals surface area contributed by atoms with E-state index in [2.05, 4.69) is 11.1 Å². The predicted octanol–water partition coefficient (Wildman–Crippen LogP) is 2.58. The fraction of sp³-hybridized carbons (Fsp3) is 0.111. The van der Waals surface area contributed by atoms with E-state index in [9.17, 15) is 0 Å². The number of hydrogen-bond acceptors (Lipinski definition) is 3. The normalized spacial score (nSPS) is 12.1. The second-order valence-corrected chi connectivity index (χ2v) is 3.21. The first-order valence-electron chi connectivity index (χ1n) is 3.76. The van der Waals surface area contributed by atoms with Crippen LogP contribution in [0.25, 0.3) is 0 Å². The van der Waals surface area contributed by atoms with Crippen LogP contribution < -0.4 is 0 Å². The van der Waals surface area contributed by atoms with E-state index in [0.717, 1.165) is 11.8 Å². The summed E-state index contributed by atoms with van der Waals surface area (Å²) < 4.78 is 9.62. The third-order valence-corrected chi connectivity index (χ3v) is 2.03. The highest BCUT2D eigenvalue weighted by molar-refractivity contribution is 7.40. The van der Waals surface area contributed by atoms with Crippen molar-refractivity contribution in [2.75, 3.05) is 0 Å². The summed E-state index contributed by atoms with van der Waals surface area (Å²) in [6, 6.07) is 9.57. The van der Waals surface area contributed by atoms with Gasteiger partial charge in [0.15, 0.2) is 0 Å². The molecule has 1 aromatic rings. The van der Waals surface area contributed by atoms with Gasteiger partial charge in [0.2, 0.25) is 0 Å². The Hall–Kier alpha value is -0.890. The van der Waals surface area contributed by atoms with Gasteiger partial charge in [0, 0.05) is 0 Å². The molecular weight excluding hydrogens is 187 g/mol. The Morgan fingerprint density at radius 1 is 1.38 bits per heavy atom. The quantitative estimate of drug-likeness (QED) is 0.583. The van der Waals surface area contributed by atoms with Crippen molar-refractivity contribution >= 4 is 8.60 Å². The molecule has 0 saturated heterocycles. The lowest BCUT2D eigenvalue weighted by atomic mass is 10.2. The van der Waals surface area contributed by atoms with E-state index in [0.29, 0.717) is 6.61 Å². The van der Waals surface area contributed by atoms with E-state index in [1.54, 1.807) is 0 Å². The molecule has 0 aliphatic rings. The lowest BCUT2D eigenvalue weighted by Gasteiger charge is -2.07. The molecule has 0 heterocycles. The van der Waals surface area contributed by atoms with Crippen LogP contribution in [0, 0.1) is 0 Å². The largest absolute Gasteiger partial charge is 0.435 e.